The van der Waals surface area contributed by atoms with Crippen molar-refractivity contribution in [2.45, 2.75) is 25.8 Å². The van der Waals surface area contributed by atoms with Crippen LogP contribution in [0.3, 0.4) is 0 Å². The minimum atomic E-state index is -0.295. The van der Waals surface area contributed by atoms with E-state index in [-0.39, 0.29) is 17.9 Å². The fourth-order valence-electron chi connectivity index (χ4n) is 1.96. The molecule has 1 N–H and O–H groups in total. The summed E-state index contributed by atoms with van der Waals surface area (Å²) in [5.74, 6) is 0. The summed E-state index contributed by atoms with van der Waals surface area (Å²) in [6.45, 7) is 1.68. The van der Waals surface area contributed by atoms with E-state index >= 15 is 0 Å². The average molecular weight is 269 g/mol. The normalized spacial score (nSPS) is 11.2. The summed E-state index contributed by atoms with van der Waals surface area (Å²) in [6.07, 6.45) is 2.80. The minimum absolute atomic E-state index is 0.229. The lowest BCUT2D eigenvalue weighted by atomic mass is 10.2. The molecule has 1 heterocycles. The summed E-state index contributed by atoms with van der Waals surface area (Å²) in [5, 5.41) is 8.70. The highest BCUT2D eigenvalue weighted by Crippen LogP contribution is 2.01. The summed E-state index contributed by atoms with van der Waals surface area (Å²) >= 11 is 0. The van der Waals surface area contributed by atoms with Crippen LogP contribution in [0.4, 0.5) is 0 Å². The van der Waals surface area contributed by atoms with Crippen LogP contribution < -0.4 is 11.2 Å². The molecule has 0 unspecified atom stereocenters. The van der Waals surface area contributed by atoms with Gasteiger partial charge < -0.3 is 10.0 Å². The monoisotopic (exact) mass is 269 g/mol. The average Bonchev–Trinajstić information content (AvgIpc) is 2.38. The van der Waals surface area contributed by atoms with E-state index in [9.17, 15) is 9.59 Å². The number of hydrogen-bond acceptors (Lipinski definition) is 4. The molecule has 1 rings (SSSR count). The number of rotatable bonds is 7. The molecule has 0 aromatic carbocycles. The number of unbranched alkanes of at least 4 members (excludes halogenated alkanes) is 2. The third-order valence-corrected chi connectivity index (χ3v) is 3.26. The fraction of sp³-hybridized carbons (Fsp3) is 0.692. The van der Waals surface area contributed by atoms with Crippen LogP contribution in [0.15, 0.2) is 15.7 Å². The Morgan fingerprint density at radius 2 is 1.84 bits per heavy atom. The van der Waals surface area contributed by atoms with E-state index in [1.165, 1.54) is 17.7 Å². The summed E-state index contributed by atoms with van der Waals surface area (Å²) in [7, 11) is 5.12. The molecule has 1 aromatic rings. The van der Waals surface area contributed by atoms with E-state index in [1.807, 2.05) is 7.05 Å². The number of aromatic nitrogens is 2. The van der Waals surface area contributed by atoms with Crippen molar-refractivity contribution < 1.29 is 5.11 Å². The van der Waals surface area contributed by atoms with Gasteiger partial charge in [-0.1, -0.05) is 0 Å². The lowest BCUT2D eigenvalue weighted by molar-refractivity contribution is 0.269. The molecule has 19 heavy (non-hydrogen) atoms. The molecular weight excluding hydrogens is 246 g/mol. The zero-order valence-corrected chi connectivity index (χ0v) is 11.9. The van der Waals surface area contributed by atoms with Gasteiger partial charge in [-0.2, -0.15) is 0 Å². The number of hydrogen-bond donors (Lipinski definition) is 1. The zero-order valence-electron chi connectivity index (χ0n) is 11.9. The molecule has 6 nitrogen and oxygen atoms in total. The Bertz CT molecular complexity index is 519. The van der Waals surface area contributed by atoms with Crippen LogP contribution in [0, 0.1) is 0 Å². The maximum absolute atomic E-state index is 11.8. The van der Waals surface area contributed by atoms with Crippen LogP contribution in [-0.2, 0) is 20.6 Å². The van der Waals surface area contributed by atoms with E-state index in [0.29, 0.717) is 6.54 Å². The Kier molecular flexibility index (Phi) is 5.98. The fourth-order valence-corrected chi connectivity index (χ4v) is 1.96. The SMILES string of the molecule is CN(CCCCCO)Cc1cc(=O)n(C)c(=O)n1C. The van der Waals surface area contributed by atoms with E-state index in [2.05, 4.69) is 4.90 Å². The summed E-state index contributed by atoms with van der Waals surface area (Å²) in [6, 6.07) is 1.51. The van der Waals surface area contributed by atoms with Crippen molar-refractivity contribution in [3.05, 3.63) is 32.6 Å². The van der Waals surface area contributed by atoms with Crippen molar-refractivity contribution in [2.75, 3.05) is 20.2 Å². The predicted molar refractivity (Wildman–Crippen MR) is 74.2 cm³/mol. The Hall–Kier alpha value is -1.40. The highest BCUT2D eigenvalue weighted by molar-refractivity contribution is 5.01. The van der Waals surface area contributed by atoms with Crippen LogP contribution in [-0.4, -0.2) is 39.3 Å². The lowest BCUT2D eigenvalue weighted by Gasteiger charge is -2.18. The second-order valence-corrected chi connectivity index (χ2v) is 4.90. The van der Waals surface area contributed by atoms with Gasteiger partial charge in [0, 0.05) is 39.0 Å². The molecule has 0 bridgehead atoms. The smallest absolute Gasteiger partial charge is 0.330 e. The van der Waals surface area contributed by atoms with Crippen molar-refractivity contribution in [3.8, 4) is 0 Å². The maximum Gasteiger partial charge on any atom is 0.330 e. The number of aliphatic hydroxyl groups is 1. The van der Waals surface area contributed by atoms with Gasteiger partial charge in [-0.05, 0) is 32.9 Å². The van der Waals surface area contributed by atoms with Gasteiger partial charge in [0.25, 0.3) is 5.56 Å². The molecule has 0 radical (unpaired) electrons. The molecule has 0 saturated heterocycles. The Balaban J connectivity index is 2.67. The van der Waals surface area contributed by atoms with Gasteiger partial charge in [-0.25, -0.2) is 4.79 Å². The van der Waals surface area contributed by atoms with Gasteiger partial charge in [0.15, 0.2) is 0 Å². The quantitative estimate of drug-likeness (QED) is 0.689. The maximum atomic E-state index is 11.8. The molecule has 0 fully saturated rings. The summed E-state index contributed by atoms with van der Waals surface area (Å²) in [5.41, 5.74) is 0.153. The second-order valence-electron chi connectivity index (χ2n) is 4.90. The van der Waals surface area contributed by atoms with E-state index in [4.69, 9.17) is 5.11 Å². The summed E-state index contributed by atoms with van der Waals surface area (Å²) in [4.78, 5) is 25.4. The first-order valence-electron chi connectivity index (χ1n) is 6.52. The molecule has 0 aliphatic rings. The minimum Gasteiger partial charge on any atom is -0.396 e. The van der Waals surface area contributed by atoms with E-state index < -0.39 is 0 Å². The third-order valence-electron chi connectivity index (χ3n) is 3.26. The molecule has 0 spiro atoms. The first-order valence-corrected chi connectivity index (χ1v) is 6.52. The molecular formula is C13H23N3O3. The van der Waals surface area contributed by atoms with Crippen molar-refractivity contribution in [1.29, 1.82) is 0 Å². The molecule has 6 heteroatoms. The molecule has 0 atom stereocenters. The van der Waals surface area contributed by atoms with Gasteiger partial charge >= 0.3 is 5.69 Å². The lowest BCUT2D eigenvalue weighted by Crippen LogP contribution is -2.39. The second kappa shape index (κ2) is 7.25. The molecule has 1 aromatic heterocycles. The Morgan fingerprint density at radius 1 is 1.16 bits per heavy atom. The molecule has 0 aliphatic heterocycles. The van der Waals surface area contributed by atoms with Crippen LogP contribution in [0.1, 0.15) is 25.0 Å². The molecule has 0 aliphatic carbocycles. The number of aliphatic hydroxyl groups excluding tert-OH is 1. The highest BCUT2D eigenvalue weighted by atomic mass is 16.3. The predicted octanol–water partition coefficient (Wildman–Crippen LogP) is -0.322. The van der Waals surface area contributed by atoms with Crippen LogP contribution in [0.5, 0.6) is 0 Å². The van der Waals surface area contributed by atoms with E-state index in [1.54, 1.807) is 7.05 Å². The standard InChI is InChI=1S/C13H23N3O3/c1-14(7-5-4-6-8-17)10-11-9-12(18)16(3)13(19)15(11)2/h9,17H,4-8,10H2,1-3H3. The van der Waals surface area contributed by atoms with Crippen molar-refractivity contribution in [1.82, 2.24) is 14.0 Å². The topological polar surface area (TPSA) is 67.5 Å². The van der Waals surface area contributed by atoms with Gasteiger partial charge in [-0.3, -0.25) is 13.9 Å². The Morgan fingerprint density at radius 3 is 2.47 bits per heavy atom. The molecule has 0 amide bonds. The van der Waals surface area contributed by atoms with Crippen LogP contribution >= 0.6 is 0 Å². The van der Waals surface area contributed by atoms with Crippen LogP contribution in [0.2, 0.25) is 0 Å². The van der Waals surface area contributed by atoms with Crippen molar-refractivity contribution >= 4 is 0 Å². The van der Waals surface area contributed by atoms with Crippen molar-refractivity contribution in [3.63, 3.8) is 0 Å². The van der Waals surface area contributed by atoms with Crippen molar-refractivity contribution in [2.24, 2.45) is 14.1 Å². The highest BCUT2D eigenvalue weighted by Gasteiger charge is 2.08. The zero-order chi connectivity index (χ0) is 14.4. The largest absolute Gasteiger partial charge is 0.396 e. The van der Waals surface area contributed by atoms with Gasteiger partial charge in [0.2, 0.25) is 0 Å². The van der Waals surface area contributed by atoms with Gasteiger partial charge in [-0.15, -0.1) is 0 Å². The van der Waals surface area contributed by atoms with Gasteiger partial charge in [0.1, 0.15) is 0 Å². The first-order chi connectivity index (χ1) is 8.97. The van der Waals surface area contributed by atoms with Crippen LogP contribution in [0.25, 0.3) is 0 Å². The Labute approximate surface area is 112 Å². The van der Waals surface area contributed by atoms with Gasteiger partial charge in [0.05, 0.1) is 0 Å². The van der Waals surface area contributed by atoms with E-state index in [0.717, 1.165) is 36.1 Å². The molecule has 0 saturated carbocycles. The summed E-state index contributed by atoms with van der Waals surface area (Å²) < 4.78 is 2.61. The molecule has 108 valence electrons. The number of nitrogens with zero attached hydrogens (tertiary/aromatic N) is 3. The third kappa shape index (κ3) is 4.33. The first kappa shape index (κ1) is 15.7.